The van der Waals surface area contributed by atoms with Crippen LogP contribution in [-0.2, 0) is 14.4 Å². The first-order chi connectivity index (χ1) is 16.9. The number of allylic oxidation sites excluding steroid dienone is 1. The molecule has 0 spiro atoms. The van der Waals surface area contributed by atoms with Crippen LogP contribution in [0.1, 0.15) is 75.9 Å². The summed E-state index contributed by atoms with van der Waals surface area (Å²) < 4.78 is 0. The van der Waals surface area contributed by atoms with Gasteiger partial charge in [0.25, 0.3) is 0 Å². The van der Waals surface area contributed by atoms with Crippen molar-refractivity contribution >= 4 is 28.9 Å². The summed E-state index contributed by atoms with van der Waals surface area (Å²) >= 11 is 0. The zero-order valence-corrected chi connectivity index (χ0v) is 21.8. The van der Waals surface area contributed by atoms with Crippen molar-refractivity contribution in [1.82, 2.24) is 0 Å². The maximum Gasteiger partial charge on any atom is 0.203 e. The molecule has 1 saturated carbocycles. The number of aromatic hydroxyl groups is 1. The standard InChI is InChI=1S/C28H32O9/c1-10(2)18-21(32)16(13(5)30)23(34)28(37)24(35)19-22(33)17-14(8-9-15(12(4)29)20(17)31)11(3)26(19,6)25(36)27(18,28)7/h8-11,18,25,31,33-34,36-37H,1-7H3/t11-,18?,25-,26+,27+,28+/m1/s1. The fourth-order valence-corrected chi connectivity index (χ4v) is 7.21. The molecular formula is C28H32O9. The van der Waals surface area contributed by atoms with Gasteiger partial charge in [0.15, 0.2) is 23.0 Å². The molecular weight excluding hydrogens is 480 g/mol. The van der Waals surface area contributed by atoms with Gasteiger partial charge in [-0.05, 0) is 37.3 Å². The van der Waals surface area contributed by atoms with Gasteiger partial charge in [0.1, 0.15) is 22.8 Å². The van der Waals surface area contributed by atoms with Gasteiger partial charge in [-0.25, -0.2) is 0 Å². The van der Waals surface area contributed by atoms with Crippen LogP contribution < -0.4 is 0 Å². The Balaban J connectivity index is 2.18. The first-order valence-electron chi connectivity index (χ1n) is 12.2. The number of carbonyl (C=O) groups is 4. The number of Topliss-reactive ketones (excluding diaryl/α,β-unsaturated/α-hetero) is 4. The highest BCUT2D eigenvalue weighted by Crippen LogP contribution is 2.67. The number of phenols is 1. The molecule has 9 heteroatoms. The minimum absolute atomic E-state index is 0.0983. The normalized spacial score (nSPS) is 35.4. The van der Waals surface area contributed by atoms with Crippen molar-refractivity contribution in [3.05, 3.63) is 45.7 Å². The number of hydrogen-bond donors (Lipinski definition) is 5. The van der Waals surface area contributed by atoms with Crippen LogP contribution in [0.25, 0.3) is 5.76 Å². The van der Waals surface area contributed by atoms with Crippen LogP contribution in [0.2, 0.25) is 0 Å². The Morgan fingerprint density at radius 2 is 1.57 bits per heavy atom. The summed E-state index contributed by atoms with van der Waals surface area (Å²) in [7, 11) is 0. The van der Waals surface area contributed by atoms with Crippen molar-refractivity contribution in [2.24, 2.45) is 22.7 Å². The third-order valence-electron chi connectivity index (χ3n) is 9.21. The minimum Gasteiger partial charge on any atom is -0.508 e. The first-order valence-corrected chi connectivity index (χ1v) is 12.2. The van der Waals surface area contributed by atoms with Crippen molar-refractivity contribution in [2.75, 3.05) is 0 Å². The maximum absolute atomic E-state index is 14.3. The molecule has 1 fully saturated rings. The fraction of sp³-hybridized carbons (Fsp3) is 0.500. The van der Waals surface area contributed by atoms with E-state index in [1.54, 1.807) is 20.8 Å². The van der Waals surface area contributed by atoms with Gasteiger partial charge in [0.2, 0.25) is 5.78 Å². The second-order valence-electron chi connectivity index (χ2n) is 11.3. The second-order valence-corrected chi connectivity index (χ2v) is 11.3. The van der Waals surface area contributed by atoms with Crippen molar-refractivity contribution in [3.63, 3.8) is 0 Å². The minimum atomic E-state index is -2.94. The number of carbonyl (C=O) groups excluding carboxylic acids is 4. The van der Waals surface area contributed by atoms with Crippen molar-refractivity contribution in [1.29, 1.82) is 0 Å². The Morgan fingerprint density at radius 1 is 1.00 bits per heavy atom. The summed E-state index contributed by atoms with van der Waals surface area (Å²) in [4.78, 5) is 52.3. The Kier molecular flexibility index (Phi) is 5.68. The van der Waals surface area contributed by atoms with E-state index in [0.717, 1.165) is 6.92 Å². The Morgan fingerprint density at radius 3 is 2.05 bits per heavy atom. The molecule has 6 atom stereocenters. The fourth-order valence-electron chi connectivity index (χ4n) is 7.21. The van der Waals surface area contributed by atoms with Gasteiger partial charge < -0.3 is 25.5 Å². The van der Waals surface area contributed by atoms with Gasteiger partial charge in [0, 0.05) is 16.7 Å². The number of aliphatic hydroxyl groups is 4. The van der Waals surface area contributed by atoms with E-state index in [4.69, 9.17) is 0 Å². The highest BCUT2D eigenvalue weighted by atomic mass is 16.4. The van der Waals surface area contributed by atoms with E-state index in [1.807, 2.05) is 0 Å². The molecule has 198 valence electrons. The zero-order valence-electron chi connectivity index (χ0n) is 21.8. The highest BCUT2D eigenvalue weighted by Gasteiger charge is 2.77. The van der Waals surface area contributed by atoms with Crippen LogP contribution in [0, 0.1) is 22.7 Å². The van der Waals surface area contributed by atoms with Crippen LogP contribution in [0.4, 0.5) is 0 Å². The van der Waals surface area contributed by atoms with Gasteiger partial charge in [-0.15, -0.1) is 0 Å². The molecule has 0 aliphatic heterocycles. The molecule has 0 radical (unpaired) electrons. The monoisotopic (exact) mass is 512 g/mol. The number of aliphatic hydroxyl groups excluding tert-OH is 3. The van der Waals surface area contributed by atoms with Crippen LogP contribution in [0.5, 0.6) is 5.75 Å². The van der Waals surface area contributed by atoms with Crippen LogP contribution >= 0.6 is 0 Å². The van der Waals surface area contributed by atoms with Crippen LogP contribution in [0.3, 0.4) is 0 Å². The Bertz CT molecular complexity index is 1370. The lowest BCUT2D eigenvalue weighted by Gasteiger charge is -2.63. The van der Waals surface area contributed by atoms with Gasteiger partial charge >= 0.3 is 0 Å². The predicted molar refractivity (Wildman–Crippen MR) is 132 cm³/mol. The smallest absolute Gasteiger partial charge is 0.203 e. The number of ketones is 4. The molecule has 37 heavy (non-hydrogen) atoms. The quantitative estimate of drug-likeness (QED) is 0.302. The largest absolute Gasteiger partial charge is 0.508 e. The molecule has 1 unspecified atom stereocenters. The molecule has 0 aromatic heterocycles. The number of rotatable bonds is 3. The number of fused-ring (bicyclic) bond motifs is 3. The number of phenolic OH excluding ortho intramolecular Hbond substituents is 1. The summed E-state index contributed by atoms with van der Waals surface area (Å²) in [5, 5.41) is 57.6. The SMILES string of the molecule is CC(=O)C1=C(O)[C@]2(O)C(=O)C3=C(O)c4c(ccc(C(C)=O)c4O)[C@@H](C)[C@]3(C)[C@@H](O)[C@]2(C)C(C(C)C)C1=O. The molecule has 5 N–H and O–H groups in total. The van der Waals surface area contributed by atoms with Gasteiger partial charge in [0.05, 0.1) is 22.8 Å². The van der Waals surface area contributed by atoms with Crippen molar-refractivity contribution < 1.29 is 44.7 Å². The lowest BCUT2D eigenvalue weighted by molar-refractivity contribution is -0.215. The molecule has 0 heterocycles. The lowest BCUT2D eigenvalue weighted by atomic mass is 9.40. The molecule has 0 amide bonds. The summed E-state index contributed by atoms with van der Waals surface area (Å²) in [6.45, 7) is 10.1. The summed E-state index contributed by atoms with van der Waals surface area (Å²) in [6, 6.07) is 2.91. The highest BCUT2D eigenvalue weighted by molar-refractivity contribution is 6.24. The summed E-state index contributed by atoms with van der Waals surface area (Å²) in [5.41, 5.74) is -7.67. The maximum atomic E-state index is 14.3. The van der Waals surface area contributed by atoms with E-state index in [0.29, 0.717) is 5.56 Å². The second kappa shape index (κ2) is 7.85. The van der Waals surface area contributed by atoms with E-state index in [9.17, 15) is 44.7 Å². The third kappa shape index (κ3) is 2.81. The molecule has 9 nitrogen and oxygen atoms in total. The van der Waals surface area contributed by atoms with Crippen LogP contribution in [0.15, 0.2) is 29.0 Å². The molecule has 1 aromatic rings. The number of benzene rings is 1. The van der Waals surface area contributed by atoms with Crippen LogP contribution in [-0.4, -0.2) is 60.4 Å². The average molecular weight is 513 g/mol. The van der Waals surface area contributed by atoms with Gasteiger partial charge in [-0.2, -0.15) is 0 Å². The van der Waals surface area contributed by atoms with Gasteiger partial charge in [-0.1, -0.05) is 40.7 Å². The topological polar surface area (TPSA) is 169 Å². The molecule has 1 aromatic carbocycles. The van der Waals surface area contributed by atoms with Gasteiger partial charge in [-0.3, -0.25) is 19.2 Å². The third-order valence-corrected chi connectivity index (χ3v) is 9.21. The molecule has 3 aliphatic carbocycles. The molecule has 0 saturated heterocycles. The lowest BCUT2D eigenvalue weighted by Crippen LogP contribution is -2.75. The Hall–Kier alpha value is -3.30. The predicted octanol–water partition coefficient (Wildman–Crippen LogP) is 2.92. The summed E-state index contributed by atoms with van der Waals surface area (Å²) in [6.07, 6.45) is -1.69. The van der Waals surface area contributed by atoms with Crippen molar-refractivity contribution in [3.8, 4) is 5.75 Å². The van der Waals surface area contributed by atoms with E-state index in [-0.39, 0.29) is 11.1 Å². The van der Waals surface area contributed by atoms with E-state index >= 15 is 0 Å². The summed E-state index contributed by atoms with van der Waals surface area (Å²) in [5.74, 6) is -8.38. The molecule has 3 aliphatic rings. The van der Waals surface area contributed by atoms with E-state index < -0.39 is 91.8 Å². The molecule has 0 bridgehead atoms. The van der Waals surface area contributed by atoms with E-state index in [1.165, 1.54) is 32.9 Å². The van der Waals surface area contributed by atoms with Crippen molar-refractivity contribution in [2.45, 2.75) is 66.1 Å². The number of hydrogen-bond acceptors (Lipinski definition) is 9. The van der Waals surface area contributed by atoms with E-state index in [2.05, 4.69) is 0 Å². The Labute approximate surface area is 214 Å². The molecule has 4 rings (SSSR count). The zero-order chi connectivity index (χ0) is 28.2. The average Bonchev–Trinajstić information content (AvgIpc) is 2.78. The first kappa shape index (κ1) is 26.8.